The molecule has 2 aliphatic rings. The molecule has 2 unspecified atom stereocenters. The first-order valence-corrected chi connectivity index (χ1v) is 9.19. The maximum absolute atomic E-state index is 13.0. The molecule has 0 N–H and O–H groups in total. The molecule has 1 aromatic carbocycles. The van der Waals surface area contributed by atoms with Crippen molar-refractivity contribution in [3.05, 3.63) is 29.3 Å². The SMILES string of the molecule is CCC1CCCCN1C(=O)C1CC(=O)N(c2ccc(C)c(C)c2)C1. The van der Waals surface area contributed by atoms with Crippen molar-refractivity contribution in [1.29, 1.82) is 0 Å². The van der Waals surface area contributed by atoms with Crippen molar-refractivity contribution < 1.29 is 9.59 Å². The van der Waals surface area contributed by atoms with Crippen LogP contribution in [0.2, 0.25) is 0 Å². The van der Waals surface area contributed by atoms with E-state index in [4.69, 9.17) is 0 Å². The fourth-order valence-corrected chi connectivity index (χ4v) is 3.97. The van der Waals surface area contributed by atoms with Gasteiger partial charge in [-0.1, -0.05) is 13.0 Å². The van der Waals surface area contributed by atoms with Gasteiger partial charge in [-0.2, -0.15) is 0 Å². The first-order valence-electron chi connectivity index (χ1n) is 9.19. The van der Waals surface area contributed by atoms with Gasteiger partial charge in [-0.25, -0.2) is 0 Å². The van der Waals surface area contributed by atoms with Gasteiger partial charge in [0, 0.05) is 31.2 Å². The van der Waals surface area contributed by atoms with Crippen LogP contribution < -0.4 is 4.90 Å². The number of likely N-dealkylation sites (tertiary alicyclic amines) is 1. The molecule has 2 aliphatic heterocycles. The number of piperidine rings is 1. The van der Waals surface area contributed by atoms with Crippen LogP contribution in [0, 0.1) is 19.8 Å². The van der Waals surface area contributed by atoms with E-state index in [0.717, 1.165) is 31.5 Å². The molecular weight excluding hydrogens is 300 g/mol. The Balaban J connectivity index is 1.74. The Bertz CT molecular complexity index is 641. The number of hydrogen-bond acceptors (Lipinski definition) is 2. The molecular formula is C20H28N2O2. The number of nitrogens with zero attached hydrogens (tertiary/aromatic N) is 2. The van der Waals surface area contributed by atoms with Gasteiger partial charge in [-0.3, -0.25) is 9.59 Å². The van der Waals surface area contributed by atoms with E-state index in [-0.39, 0.29) is 17.7 Å². The van der Waals surface area contributed by atoms with E-state index in [1.54, 1.807) is 4.90 Å². The molecule has 0 aromatic heterocycles. The summed E-state index contributed by atoms with van der Waals surface area (Å²) >= 11 is 0. The fraction of sp³-hybridized carbons (Fsp3) is 0.600. The second-order valence-corrected chi connectivity index (χ2v) is 7.26. The van der Waals surface area contributed by atoms with E-state index in [0.29, 0.717) is 19.0 Å². The number of carbonyl (C=O) groups is 2. The van der Waals surface area contributed by atoms with E-state index in [2.05, 4.69) is 26.8 Å². The standard InChI is InChI=1S/C20H28N2O2/c1-4-17-7-5-6-10-21(17)20(24)16-12-19(23)22(13-16)18-9-8-14(2)15(3)11-18/h8-9,11,16-17H,4-7,10,12-13H2,1-3H3. The first kappa shape index (κ1) is 17.0. The lowest BCUT2D eigenvalue weighted by atomic mass is 9.97. The van der Waals surface area contributed by atoms with Gasteiger partial charge in [0.25, 0.3) is 0 Å². The lowest BCUT2D eigenvalue weighted by molar-refractivity contribution is -0.139. The third-order valence-electron chi connectivity index (χ3n) is 5.66. The number of carbonyl (C=O) groups excluding carboxylic acids is 2. The fourth-order valence-electron chi connectivity index (χ4n) is 3.97. The second-order valence-electron chi connectivity index (χ2n) is 7.26. The highest BCUT2D eigenvalue weighted by Crippen LogP contribution is 2.30. The lowest BCUT2D eigenvalue weighted by Crippen LogP contribution is -2.46. The molecule has 24 heavy (non-hydrogen) atoms. The van der Waals surface area contributed by atoms with Crippen LogP contribution in [-0.4, -0.2) is 35.8 Å². The van der Waals surface area contributed by atoms with E-state index in [9.17, 15) is 9.59 Å². The van der Waals surface area contributed by atoms with Gasteiger partial charge in [-0.05, 0) is 62.8 Å². The van der Waals surface area contributed by atoms with Crippen LogP contribution in [0.5, 0.6) is 0 Å². The largest absolute Gasteiger partial charge is 0.339 e. The predicted octanol–water partition coefficient (Wildman–Crippen LogP) is 3.45. The smallest absolute Gasteiger partial charge is 0.228 e. The molecule has 2 amide bonds. The Morgan fingerprint density at radius 1 is 1.21 bits per heavy atom. The molecule has 0 aliphatic carbocycles. The third kappa shape index (κ3) is 3.19. The Morgan fingerprint density at radius 2 is 2.00 bits per heavy atom. The normalized spacial score (nSPS) is 24.5. The van der Waals surface area contributed by atoms with Crippen LogP contribution in [0.1, 0.15) is 50.2 Å². The van der Waals surface area contributed by atoms with E-state index >= 15 is 0 Å². The first-order chi connectivity index (χ1) is 11.5. The zero-order chi connectivity index (χ0) is 17.3. The van der Waals surface area contributed by atoms with Crippen LogP contribution in [0.4, 0.5) is 5.69 Å². The summed E-state index contributed by atoms with van der Waals surface area (Å²) in [4.78, 5) is 29.3. The average molecular weight is 328 g/mol. The van der Waals surface area contributed by atoms with Crippen molar-refractivity contribution >= 4 is 17.5 Å². The Hall–Kier alpha value is -1.84. The Morgan fingerprint density at radius 3 is 2.71 bits per heavy atom. The molecule has 0 bridgehead atoms. The zero-order valence-corrected chi connectivity index (χ0v) is 15.0. The van der Waals surface area contributed by atoms with Gasteiger partial charge in [0.15, 0.2) is 0 Å². The summed E-state index contributed by atoms with van der Waals surface area (Å²) in [6.45, 7) is 7.65. The summed E-state index contributed by atoms with van der Waals surface area (Å²) in [5.74, 6) is 0.0640. The summed E-state index contributed by atoms with van der Waals surface area (Å²) in [6, 6.07) is 6.45. The predicted molar refractivity (Wildman–Crippen MR) is 96.0 cm³/mol. The molecule has 2 saturated heterocycles. The summed E-state index contributed by atoms with van der Waals surface area (Å²) in [5, 5.41) is 0. The molecule has 130 valence electrons. The minimum Gasteiger partial charge on any atom is -0.339 e. The van der Waals surface area contributed by atoms with E-state index in [1.165, 1.54) is 17.5 Å². The molecule has 4 nitrogen and oxygen atoms in total. The van der Waals surface area contributed by atoms with Crippen molar-refractivity contribution in [3.63, 3.8) is 0 Å². The molecule has 2 heterocycles. The van der Waals surface area contributed by atoms with Gasteiger partial charge in [0.1, 0.15) is 0 Å². The quantitative estimate of drug-likeness (QED) is 0.853. The van der Waals surface area contributed by atoms with Gasteiger partial charge in [0.05, 0.1) is 5.92 Å². The minimum atomic E-state index is -0.189. The monoisotopic (exact) mass is 328 g/mol. The van der Waals surface area contributed by atoms with Crippen molar-refractivity contribution in [2.75, 3.05) is 18.0 Å². The minimum absolute atomic E-state index is 0.0710. The number of aryl methyl sites for hydroxylation is 2. The molecule has 0 spiro atoms. The van der Waals surface area contributed by atoms with Crippen LogP contribution in [0.25, 0.3) is 0 Å². The maximum Gasteiger partial charge on any atom is 0.228 e. The Labute approximate surface area is 144 Å². The van der Waals surface area contributed by atoms with Crippen LogP contribution >= 0.6 is 0 Å². The summed E-state index contributed by atoms with van der Waals surface area (Å²) in [5.41, 5.74) is 3.32. The van der Waals surface area contributed by atoms with Crippen molar-refractivity contribution in [3.8, 4) is 0 Å². The maximum atomic E-state index is 13.0. The third-order valence-corrected chi connectivity index (χ3v) is 5.66. The zero-order valence-electron chi connectivity index (χ0n) is 15.0. The summed E-state index contributed by atoms with van der Waals surface area (Å²) < 4.78 is 0. The molecule has 1 aromatic rings. The number of anilines is 1. The Kier molecular flexibility index (Phi) is 4.93. The lowest BCUT2D eigenvalue weighted by Gasteiger charge is -2.36. The molecule has 2 atom stereocenters. The van der Waals surface area contributed by atoms with E-state index in [1.807, 2.05) is 17.0 Å². The number of hydrogen-bond donors (Lipinski definition) is 0. The highest BCUT2D eigenvalue weighted by atomic mass is 16.2. The van der Waals surface area contributed by atoms with Gasteiger partial charge < -0.3 is 9.80 Å². The molecule has 0 radical (unpaired) electrons. The van der Waals surface area contributed by atoms with Gasteiger partial charge in [-0.15, -0.1) is 0 Å². The molecule has 2 fully saturated rings. The van der Waals surface area contributed by atoms with Crippen LogP contribution in [0.3, 0.4) is 0 Å². The van der Waals surface area contributed by atoms with Crippen molar-refractivity contribution in [2.45, 2.75) is 58.9 Å². The van der Waals surface area contributed by atoms with Crippen LogP contribution in [-0.2, 0) is 9.59 Å². The van der Waals surface area contributed by atoms with Crippen molar-refractivity contribution in [2.24, 2.45) is 5.92 Å². The van der Waals surface area contributed by atoms with Gasteiger partial charge >= 0.3 is 0 Å². The highest BCUT2D eigenvalue weighted by Gasteiger charge is 2.39. The topological polar surface area (TPSA) is 40.6 Å². The molecule has 3 rings (SSSR count). The summed E-state index contributed by atoms with van der Waals surface area (Å²) in [6.07, 6.45) is 4.75. The van der Waals surface area contributed by atoms with Crippen LogP contribution in [0.15, 0.2) is 18.2 Å². The number of amides is 2. The second kappa shape index (κ2) is 6.96. The molecule has 4 heteroatoms. The van der Waals surface area contributed by atoms with E-state index < -0.39 is 0 Å². The van der Waals surface area contributed by atoms with Gasteiger partial charge in [0.2, 0.25) is 11.8 Å². The average Bonchev–Trinajstić information content (AvgIpc) is 2.98. The summed E-state index contributed by atoms with van der Waals surface area (Å²) in [7, 11) is 0. The number of benzene rings is 1. The molecule has 0 saturated carbocycles. The van der Waals surface area contributed by atoms with Crippen molar-refractivity contribution in [1.82, 2.24) is 4.90 Å². The number of rotatable bonds is 3. The highest BCUT2D eigenvalue weighted by molar-refractivity contribution is 6.00.